The summed E-state index contributed by atoms with van der Waals surface area (Å²) in [5, 5.41) is 0.698. The lowest BCUT2D eigenvalue weighted by Gasteiger charge is -2.34. The first-order chi connectivity index (χ1) is 9.50. The third-order valence-electron chi connectivity index (χ3n) is 4.40. The third kappa shape index (κ3) is 3.83. The Morgan fingerprint density at radius 3 is 2.48 bits per heavy atom. The maximum Gasteiger partial charge on any atom is 0.261 e. The van der Waals surface area contributed by atoms with E-state index in [9.17, 15) is 4.79 Å². The summed E-state index contributed by atoms with van der Waals surface area (Å²) in [6.07, 6.45) is 1.69. The Hall–Kier alpha value is -0.950. The Bertz CT molecular complexity index is 649. The average molecular weight is 401 g/mol. The van der Waals surface area contributed by atoms with Crippen LogP contribution in [0.1, 0.15) is 26.8 Å². The number of hydrogen-bond donors (Lipinski definition) is 0. The van der Waals surface area contributed by atoms with E-state index in [0.717, 1.165) is 29.6 Å². The van der Waals surface area contributed by atoms with Crippen LogP contribution in [0.2, 0.25) is 0 Å². The molecule has 1 aromatic carbocycles. The van der Waals surface area contributed by atoms with Crippen molar-refractivity contribution >= 4 is 10.9 Å². The Morgan fingerprint density at radius 1 is 1.24 bits per heavy atom. The Kier molecular flexibility index (Phi) is 6.34. The van der Waals surface area contributed by atoms with Crippen molar-refractivity contribution in [3.8, 4) is 0 Å². The quantitative estimate of drug-likeness (QED) is 0.498. The van der Waals surface area contributed by atoms with Crippen LogP contribution in [0.25, 0.3) is 10.9 Å². The topological polar surface area (TPSA) is 34.9 Å². The molecule has 0 aliphatic carbocycles. The lowest BCUT2D eigenvalue weighted by Crippen LogP contribution is -3.00. The van der Waals surface area contributed by atoms with Gasteiger partial charge in [-0.2, -0.15) is 0 Å². The largest absolute Gasteiger partial charge is 1.00 e. The molecule has 0 amide bonds. The number of halogens is 1. The molecule has 1 heterocycles. The summed E-state index contributed by atoms with van der Waals surface area (Å²) in [7, 11) is 2.23. The number of nitrogens with zero attached hydrogens (tertiary/aromatic N) is 3. The monoisotopic (exact) mass is 401 g/mol. The summed E-state index contributed by atoms with van der Waals surface area (Å²) in [5.74, 6) is 0. The normalized spacial score (nSPS) is 13.0. The lowest BCUT2D eigenvalue weighted by molar-refractivity contribution is -0.908. The fourth-order valence-corrected chi connectivity index (χ4v) is 2.60. The number of hydrogen-bond acceptors (Lipinski definition) is 2. The molecule has 0 fully saturated rings. The first-order valence-electron chi connectivity index (χ1n) is 7.30. The van der Waals surface area contributed by atoms with Crippen LogP contribution in [0.4, 0.5) is 0 Å². The molecule has 1 unspecified atom stereocenters. The van der Waals surface area contributed by atoms with Crippen LogP contribution in [0.3, 0.4) is 0 Å². The van der Waals surface area contributed by atoms with Gasteiger partial charge in [0.25, 0.3) is 5.56 Å². The molecule has 0 bridgehead atoms. The summed E-state index contributed by atoms with van der Waals surface area (Å²) in [5.41, 5.74) is 0.825. The molecule has 1 aromatic heterocycles. The van der Waals surface area contributed by atoms with Crippen molar-refractivity contribution in [1.29, 1.82) is 0 Å². The van der Waals surface area contributed by atoms with Gasteiger partial charge in [0.2, 0.25) is 0 Å². The average Bonchev–Trinajstić information content (AvgIpc) is 2.47. The summed E-state index contributed by atoms with van der Waals surface area (Å²) in [6, 6.07) is 7.67. The molecule has 0 saturated carbocycles. The number of likely N-dealkylation sites (N-methyl/N-ethyl adjacent to an activating group) is 1. The van der Waals surface area contributed by atoms with E-state index in [1.807, 2.05) is 24.3 Å². The van der Waals surface area contributed by atoms with E-state index in [4.69, 9.17) is 0 Å². The van der Waals surface area contributed by atoms with Gasteiger partial charge < -0.3 is 28.5 Å². The second-order valence-electron chi connectivity index (χ2n) is 5.76. The molecule has 2 aromatic rings. The molecular weight excluding hydrogens is 377 g/mol. The number of aromatic nitrogens is 2. The molecule has 0 radical (unpaired) electrons. The molecule has 21 heavy (non-hydrogen) atoms. The van der Waals surface area contributed by atoms with Crippen LogP contribution in [-0.2, 0) is 0 Å². The van der Waals surface area contributed by atoms with E-state index >= 15 is 0 Å². The zero-order chi connectivity index (χ0) is 14.8. The van der Waals surface area contributed by atoms with Crippen molar-refractivity contribution in [3.05, 3.63) is 40.9 Å². The zero-order valence-electron chi connectivity index (χ0n) is 13.2. The fourth-order valence-electron chi connectivity index (χ4n) is 2.60. The number of rotatable bonds is 5. The Balaban J connectivity index is 0.00000220. The smallest absolute Gasteiger partial charge is 0.261 e. The molecule has 1 atom stereocenters. The van der Waals surface area contributed by atoms with Crippen LogP contribution >= 0.6 is 0 Å². The van der Waals surface area contributed by atoms with Crippen molar-refractivity contribution < 1.29 is 28.5 Å². The van der Waals surface area contributed by atoms with Gasteiger partial charge in [0.15, 0.2) is 0 Å². The molecule has 0 N–H and O–H groups in total. The highest BCUT2D eigenvalue weighted by atomic mass is 127. The van der Waals surface area contributed by atoms with Gasteiger partial charge in [-0.1, -0.05) is 12.1 Å². The maximum absolute atomic E-state index is 12.5. The zero-order valence-corrected chi connectivity index (χ0v) is 15.4. The molecule has 4 nitrogen and oxygen atoms in total. The van der Waals surface area contributed by atoms with E-state index in [2.05, 4.69) is 32.8 Å². The fraction of sp³-hybridized carbons (Fsp3) is 0.500. The van der Waals surface area contributed by atoms with Gasteiger partial charge in [-0.15, -0.1) is 0 Å². The second kappa shape index (κ2) is 7.35. The van der Waals surface area contributed by atoms with Gasteiger partial charge in [-0.05, 0) is 32.9 Å². The number of quaternary nitrogens is 1. The molecule has 0 aliphatic rings. The van der Waals surface area contributed by atoms with Gasteiger partial charge in [-0.3, -0.25) is 9.36 Å². The van der Waals surface area contributed by atoms with Crippen molar-refractivity contribution in [2.24, 2.45) is 0 Å². The molecule has 0 spiro atoms. The first kappa shape index (κ1) is 18.1. The molecular formula is C16H24IN3O. The minimum atomic E-state index is 0. The summed E-state index contributed by atoms with van der Waals surface area (Å²) >= 11 is 0. The van der Waals surface area contributed by atoms with E-state index < -0.39 is 0 Å². The Labute approximate surface area is 143 Å². The van der Waals surface area contributed by atoms with Crippen LogP contribution in [0, 0.1) is 0 Å². The van der Waals surface area contributed by atoms with Crippen molar-refractivity contribution in [2.75, 3.05) is 26.7 Å². The molecule has 2 rings (SSSR count). The van der Waals surface area contributed by atoms with Crippen LogP contribution < -0.4 is 29.5 Å². The number of fused-ring (bicyclic) bond motifs is 1. The first-order valence-corrected chi connectivity index (χ1v) is 7.30. The summed E-state index contributed by atoms with van der Waals surface area (Å²) in [6.45, 7) is 9.55. The highest BCUT2D eigenvalue weighted by Gasteiger charge is 2.22. The highest BCUT2D eigenvalue weighted by molar-refractivity contribution is 5.76. The SMILES string of the molecule is CC[N+](C)(CC)CC(C)n1cnc2ccccc2c1=O.[I-]. The minimum Gasteiger partial charge on any atom is -1.00 e. The molecule has 0 aliphatic heterocycles. The lowest BCUT2D eigenvalue weighted by atomic mass is 10.2. The molecule has 116 valence electrons. The molecule has 0 saturated heterocycles. The maximum atomic E-state index is 12.5. The molecule has 5 heteroatoms. The number of para-hydroxylation sites is 1. The predicted octanol–water partition coefficient (Wildman–Crippen LogP) is -0.552. The number of benzene rings is 1. The van der Waals surface area contributed by atoms with Crippen LogP contribution in [-0.4, -0.2) is 40.7 Å². The minimum absolute atomic E-state index is 0. The van der Waals surface area contributed by atoms with Gasteiger partial charge in [-0.25, -0.2) is 4.98 Å². The van der Waals surface area contributed by atoms with Gasteiger partial charge in [0.05, 0.1) is 50.0 Å². The highest BCUT2D eigenvalue weighted by Crippen LogP contribution is 2.13. The summed E-state index contributed by atoms with van der Waals surface area (Å²) < 4.78 is 2.73. The predicted molar refractivity (Wildman–Crippen MR) is 82.8 cm³/mol. The van der Waals surface area contributed by atoms with E-state index in [-0.39, 0.29) is 35.6 Å². The van der Waals surface area contributed by atoms with Crippen LogP contribution in [0.5, 0.6) is 0 Å². The Morgan fingerprint density at radius 2 is 1.86 bits per heavy atom. The van der Waals surface area contributed by atoms with Gasteiger partial charge in [0, 0.05) is 0 Å². The van der Waals surface area contributed by atoms with Crippen molar-refractivity contribution in [1.82, 2.24) is 9.55 Å². The van der Waals surface area contributed by atoms with E-state index in [1.54, 1.807) is 10.9 Å². The van der Waals surface area contributed by atoms with Crippen molar-refractivity contribution in [3.63, 3.8) is 0 Å². The van der Waals surface area contributed by atoms with Crippen molar-refractivity contribution in [2.45, 2.75) is 26.8 Å². The second-order valence-corrected chi connectivity index (χ2v) is 5.76. The van der Waals surface area contributed by atoms with E-state index in [1.165, 1.54) is 0 Å². The standard InChI is InChI=1S/C16H24N3O.HI/c1-5-19(4,6-2)11-13(3)18-12-17-15-10-8-7-9-14(15)16(18)20;/h7-10,12-13H,5-6,11H2,1-4H3;1H/q+1;/p-1. The van der Waals surface area contributed by atoms with Crippen LogP contribution in [0.15, 0.2) is 35.4 Å². The van der Waals surface area contributed by atoms with Gasteiger partial charge in [0.1, 0.15) is 0 Å². The summed E-state index contributed by atoms with van der Waals surface area (Å²) in [4.78, 5) is 16.9. The van der Waals surface area contributed by atoms with E-state index in [0.29, 0.717) is 5.39 Å². The third-order valence-corrected chi connectivity index (χ3v) is 4.40. The van der Waals surface area contributed by atoms with Gasteiger partial charge >= 0.3 is 0 Å².